The molecule has 0 radical (unpaired) electrons. The molecule has 2 aromatic heterocycles. The van der Waals surface area contributed by atoms with Crippen molar-refractivity contribution < 1.29 is 14.3 Å². The molecular formula is C11H13N3O3. The fraction of sp³-hybridized carbons (Fsp3) is 0.364. The van der Waals surface area contributed by atoms with Gasteiger partial charge in [-0.15, -0.1) is 0 Å². The molecule has 0 unspecified atom stereocenters. The molecule has 0 aliphatic carbocycles. The van der Waals surface area contributed by atoms with Gasteiger partial charge < -0.3 is 9.52 Å². The summed E-state index contributed by atoms with van der Waals surface area (Å²) in [5, 5.41) is 13.0. The highest BCUT2D eigenvalue weighted by Gasteiger charge is 2.13. The molecule has 6 nitrogen and oxygen atoms in total. The molecule has 0 amide bonds. The third kappa shape index (κ3) is 2.20. The van der Waals surface area contributed by atoms with Gasteiger partial charge in [-0.05, 0) is 20.8 Å². The number of carbonyl (C=O) groups is 1. The molecular weight excluding hydrogens is 222 g/mol. The minimum absolute atomic E-state index is 0.199. The lowest BCUT2D eigenvalue weighted by molar-refractivity contribution is 0.0696. The Bertz CT molecular complexity index is 549. The molecule has 0 aliphatic rings. The Morgan fingerprint density at radius 1 is 1.41 bits per heavy atom. The first-order valence-electron chi connectivity index (χ1n) is 5.17. The molecule has 0 fully saturated rings. The summed E-state index contributed by atoms with van der Waals surface area (Å²) in [6.07, 6.45) is 1.48. The molecule has 0 aromatic carbocycles. The summed E-state index contributed by atoms with van der Waals surface area (Å²) in [4.78, 5) is 15.1. The number of carboxylic acids is 1. The Balaban J connectivity index is 2.24. The molecule has 0 saturated heterocycles. The first-order chi connectivity index (χ1) is 7.97. The molecule has 0 saturated carbocycles. The number of rotatable bonds is 3. The van der Waals surface area contributed by atoms with Crippen molar-refractivity contribution in [1.82, 2.24) is 14.8 Å². The molecule has 2 heterocycles. The van der Waals surface area contributed by atoms with Gasteiger partial charge in [-0.2, -0.15) is 5.10 Å². The van der Waals surface area contributed by atoms with Crippen LogP contribution in [0.2, 0.25) is 0 Å². The van der Waals surface area contributed by atoms with Crippen LogP contribution in [-0.2, 0) is 6.54 Å². The van der Waals surface area contributed by atoms with E-state index in [2.05, 4.69) is 10.1 Å². The molecule has 17 heavy (non-hydrogen) atoms. The summed E-state index contributed by atoms with van der Waals surface area (Å²) < 4.78 is 6.93. The van der Waals surface area contributed by atoms with Crippen LogP contribution >= 0.6 is 0 Å². The number of nitrogens with zero attached hydrogens (tertiary/aromatic N) is 3. The van der Waals surface area contributed by atoms with Crippen LogP contribution in [0.5, 0.6) is 0 Å². The van der Waals surface area contributed by atoms with Crippen molar-refractivity contribution >= 4 is 5.97 Å². The zero-order valence-electron chi connectivity index (χ0n) is 9.89. The Morgan fingerprint density at radius 3 is 2.59 bits per heavy atom. The van der Waals surface area contributed by atoms with Crippen molar-refractivity contribution in [3.8, 4) is 0 Å². The van der Waals surface area contributed by atoms with Crippen LogP contribution in [-0.4, -0.2) is 25.8 Å². The third-order valence-corrected chi connectivity index (χ3v) is 2.55. The molecule has 0 bridgehead atoms. The number of aromatic nitrogens is 3. The van der Waals surface area contributed by atoms with E-state index in [1.807, 2.05) is 13.8 Å². The van der Waals surface area contributed by atoms with E-state index in [9.17, 15) is 4.79 Å². The minimum atomic E-state index is -0.978. The van der Waals surface area contributed by atoms with E-state index < -0.39 is 5.97 Å². The summed E-state index contributed by atoms with van der Waals surface area (Å²) in [6, 6.07) is 0. The zero-order valence-corrected chi connectivity index (χ0v) is 9.89. The van der Waals surface area contributed by atoms with Crippen molar-refractivity contribution in [3.05, 3.63) is 34.8 Å². The lowest BCUT2D eigenvalue weighted by atomic mass is 10.3. The van der Waals surface area contributed by atoms with Crippen molar-refractivity contribution in [2.24, 2.45) is 0 Å². The Labute approximate surface area is 97.9 Å². The fourth-order valence-electron chi connectivity index (χ4n) is 1.55. The summed E-state index contributed by atoms with van der Waals surface area (Å²) in [5.41, 5.74) is 1.52. The van der Waals surface area contributed by atoms with Gasteiger partial charge in [0.1, 0.15) is 17.9 Å². The largest absolute Gasteiger partial charge is 0.478 e. The molecule has 0 spiro atoms. The van der Waals surface area contributed by atoms with Crippen LogP contribution < -0.4 is 0 Å². The molecule has 0 aliphatic heterocycles. The van der Waals surface area contributed by atoms with Gasteiger partial charge in [0.25, 0.3) is 0 Å². The highest BCUT2D eigenvalue weighted by molar-refractivity contribution is 5.88. The average molecular weight is 235 g/mol. The molecule has 90 valence electrons. The van der Waals surface area contributed by atoms with Gasteiger partial charge >= 0.3 is 5.97 Å². The van der Waals surface area contributed by atoms with Gasteiger partial charge in [0.15, 0.2) is 0 Å². The fourth-order valence-corrected chi connectivity index (χ4v) is 1.55. The molecule has 2 rings (SSSR count). The lowest BCUT2D eigenvalue weighted by Crippen LogP contribution is -2.00. The van der Waals surface area contributed by atoms with Crippen molar-refractivity contribution in [2.45, 2.75) is 27.3 Å². The quantitative estimate of drug-likeness (QED) is 0.872. The second kappa shape index (κ2) is 4.04. The molecule has 2 aromatic rings. The number of carboxylic acid groups (broad SMARTS) is 1. The Kier molecular flexibility index (Phi) is 2.71. The Morgan fingerprint density at radius 2 is 2.12 bits per heavy atom. The second-order valence-corrected chi connectivity index (χ2v) is 3.88. The van der Waals surface area contributed by atoms with Crippen LogP contribution in [0.3, 0.4) is 0 Å². The lowest BCUT2D eigenvalue weighted by Gasteiger charge is -1.95. The standard InChI is InChI=1S/C11H13N3O3/c1-6-8(3)17-10(12-6)5-14-4-9(11(15)16)7(2)13-14/h4H,5H2,1-3H3,(H,15,16). The van der Waals surface area contributed by atoms with E-state index in [4.69, 9.17) is 9.52 Å². The van der Waals surface area contributed by atoms with Gasteiger partial charge in [0.2, 0.25) is 5.89 Å². The van der Waals surface area contributed by atoms with Gasteiger partial charge in [-0.3, -0.25) is 4.68 Å². The first kappa shape index (κ1) is 11.4. The summed E-state index contributed by atoms with van der Waals surface area (Å²) in [5.74, 6) is 0.315. The maximum atomic E-state index is 10.9. The normalized spacial score (nSPS) is 10.8. The number of oxazole rings is 1. The predicted molar refractivity (Wildman–Crippen MR) is 59.0 cm³/mol. The minimum Gasteiger partial charge on any atom is -0.478 e. The number of aromatic carboxylic acids is 1. The molecule has 1 N–H and O–H groups in total. The van der Waals surface area contributed by atoms with Gasteiger partial charge in [-0.1, -0.05) is 0 Å². The van der Waals surface area contributed by atoms with Crippen LogP contribution in [0.15, 0.2) is 10.6 Å². The van der Waals surface area contributed by atoms with E-state index in [0.717, 1.165) is 11.5 Å². The average Bonchev–Trinajstić information content (AvgIpc) is 2.72. The first-order valence-corrected chi connectivity index (χ1v) is 5.17. The predicted octanol–water partition coefficient (Wildman–Crippen LogP) is 1.54. The SMILES string of the molecule is Cc1nn(Cc2nc(C)c(C)o2)cc1C(=O)O. The van der Waals surface area contributed by atoms with Crippen LogP contribution in [0.1, 0.15) is 33.4 Å². The van der Waals surface area contributed by atoms with Crippen LogP contribution in [0, 0.1) is 20.8 Å². The van der Waals surface area contributed by atoms with E-state index in [0.29, 0.717) is 18.1 Å². The van der Waals surface area contributed by atoms with E-state index in [1.165, 1.54) is 10.9 Å². The highest BCUT2D eigenvalue weighted by Crippen LogP contribution is 2.11. The number of hydrogen-bond donors (Lipinski definition) is 1. The monoisotopic (exact) mass is 235 g/mol. The van der Waals surface area contributed by atoms with E-state index >= 15 is 0 Å². The molecule has 0 atom stereocenters. The maximum Gasteiger partial charge on any atom is 0.339 e. The van der Waals surface area contributed by atoms with Gasteiger partial charge in [0, 0.05) is 6.20 Å². The topological polar surface area (TPSA) is 81.2 Å². The highest BCUT2D eigenvalue weighted by atomic mass is 16.4. The molecule has 6 heteroatoms. The summed E-state index contributed by atoms with van der Waals surface area (Å²) in [7, 11) is 0. The number of hydrogen-bond acceptors (Lipinski definition) is 4. The van der Waals surface area contributed by atoms with Crippen LogP contribution in [0.25, 0.3) is 0 Å². The van der Waals surface area contributed by atoms with Crippen molar-refractivity contribution in [2.75, 3.05) is 0 Å². The zero-order chi connectivity index (χ0) is 12.6. The van der Waals surface area contributed by atoms with Crippen molar-refractivity contribution in [1.29, 1.82) is 0 Å². The van der Waals surface area contributed by atoms with Gasteiger partial charge in [0.05, 0.1) is 11.4 Å². The van der Waals surface area contributed by atoms with E-state index in [-0.39, 0.29) is 5.56 Å². The van der Waals surface area contributed by atoms with Gasteiger partial charge in [-0.25, -0.2) is 9.78 Å². The third-order valence-electron chi connectivity index (χ3n) is 2.55. The number of aryl methyl sites for hydroxylation is 3. The summed E-state index contributed by atoms with van der Waals surface area (Å²) >= 11 is 0. The summed E-state index contributed by atoms with van der Waals surface area (Å²) in [6.45, 7) is 5.69. The van der Waals surface area contributed by atoms with Crippen molar-refractivity contribution in [3.63, 3.8) is 0 Å². The Hall–Kier alpha value is -2.11. The van der Waals surface area contributed by atoms with E-state index in [1.54, 1.807) is 6.92 Å². The second-order valence-electron chi connectivity index (χ2n) is 3.88. The van der Waals surface area contributed by atoms with Crippen LogP contribution in [0.4, 0.5) is 0 Å². The maximum absolute atomic E-state index is 10.9. The smallest absolute Gasteiger partial charge is 0.339 e.